The lowest BCUT2D eigenvalue weighted by atomic mass is 10.1. The Hall–Kier alpha value is -1.17. The summed E-state index contributed by atoms with van der Waals surface area (Å²) in [6.45, 7) is 6.10. The molecule has 0 saturated carbocycles. The molecule has 1 aromatic carbocycles. The molecular formula is C13H21FN2O2. The highest BCUT2D eigenvalue weighted by Gasteiger charge is 2.19. The Morgan fingerprint density at radius 3 is 2.50 bits per heavy atom. The molecule has 0 fully saturated rings. The van der Waals surface area contributed by atoms with Crippen LogP contribution in [0.4, 0.5) is 4.39 Å². The van der Waals surface area contributed by atoms with E-state index in [-0.39, 0.29) is 11.4 Å². The van der Waals surface area contributed by atoms with Gasteiger partial charge in [-0.2, -0.15) is 0 Å². The fourth-order valence-corrected chi connectivity index (χ4v) is 1.48. The van der Waals surface area contributed by atoms with E-state index >= 15 is 0 Å². The summed E-state index contributed by atoms with van der Waals surface area (Å²) in [5, 5.41) is 0. The van der Waals surface area contributed by atoms with Gasteiger partial charge in [-0.05, 0) is 26.8 Å². The SMILES string of the molecule is COc1ccc(C(COC(C)(C)C)NN)c(F)c1. The molecule has 0 radical (unpaired) electrons. The molecule has 3 N–H and O–H groups in total. The number of hydrogen-bond donors (Lipinski definition) is 2. The Morgan fingerprint density at radius 2 is 2.06 bits per heavy atom. The van der Waals surface area contributed by atoms with Gasteiger partial charge in [0, 0.05) is 11.6 Å². The number of nitrogens with two attached hydrogens (primary N) is 1. The van der Waals surface area contributed by atoms with Gasteiger partial charge in [-0.3, -0.25) is 11.3 Å². The second-order valence-corrected chi connectivity index (χ2v) is 5.03. The summed E-state index contributed by atoms with van der Waals surface area (Å²) in [6, 6.07) is 4.27. The fourth-order valence-electron chi connectivity index (χ4n) is 1.48. The molecule has 1 rings (SSSR count). The topological polar surface area (TPSA) is 56.5 Å². The van der Waals surface area contributed by atoms with Crippen LogP contribution >= 0.6 is 0 Å². The first-order chi connectivity index (χ1) is 8.37. The number of rotatable bonds is 5. The third kappa shape index (κ3) is 4.25. The highest BCUT2D eigenvalue weighted by Crippen LogP contribution is 2.23. The number of benzene rings is 1. The van der Waals surface area contributed by atoms with Crippen LogP contribution in [0, 0.1) is 5.82 Å². The maximum Gasteiger partial charge on any atom is 0.131 e. The van der Waals surface area contributed by atoms with Crippen LogP contribution in [0.2, 0.25) is 0 Å². The molecule has 0 spiro atoms. The highest BCUT2D eigenvalue weighted by molar-refractivity contribution is 5.30. The Labute approximate surface area is 107 Å². The standard InChI is InChI=1S/C13H21FN2O2/c1-13(2,3)18-8-12(16-15)10-6-5-9(17-4)7-11(10)14/h5-7,12,16H,8,15H2,1-4H3. The molecule has 0 heterocycles. The third-order valence-electron chi connectivity index (χ3n) is 2.47. The van der Waals surface area contributed by atoms with E-state index in [2.05, 4.69) is 5.43 Å². The highest BCUT2D eigenvalue weighted by atomic mass is 19.1. The molecule has 0 aliphatic carbocycles. The summed E-state index contributed by atoms with van der Waals surface area (Å²) in [5.74, 6) is 5.56. The van der Waals surface area contributed by atoms with Gasteiger partial charge >= 0.3 is 0 Å². The quantitative estimate of drug-likeness (QED) is 0.626. The Kier molecular flexibility index (Phi) is 5.07. The summed E-state index contributed by atoms with van der Waals surface area (Å²) in [6.07, 6.45) is 0. The number of nitrogens with one attached hydrogen (secondary N) is 1. The minimum absolute atomic E-state index is 0.294. The van der Waals surface area contributed by atoms with Crippen LogP contribution in [0.3, 0.4) is 0 Å². The first-order valence-corrected chi connectivity index (χ1v) is 5.81. The zero-order valence-corrected chi connectivity index (χ0v) is 11.3. The lowest BCUT2D eigenvalue weighted by molar-refractivity contribution is -0.0152. The second-order valence-electron chi connectivity index (χ2n) is 5.03. The molecule has 5 heteroatoms. The normalized spacial score (nSPS) is 13.4. The molecule has 1 unspecified atom stereocenters. The van der Waals surface area contributed by atoms with Gasteiger partial charge in [0.2, 0.25) is 0 Å². The summed E-state index contributed by atoms with van der Waals surface area (Å²) < 4.78 is 24.4. The van der Waals surface area contributed by atoms with Crippen LogP contribution in [0.25, 0.3) is 0 Å². The predicted molar refractivity (Wildman–Crippen MR) is 68.7 cm³/mol. The molecule has 1 aromatic rings. The lowest BCUT2D eigenvalue weighted by Gasteiger charge is -2.24. The molecular weight excluding hydrogens is 235 g/mol. The number of methoxy groups -OCH3 is 1. The van der Waals surface area contributed by atoms with Crippen LogP contribution in [0.1, 0.15) is 32.4 Å². The minimum atomic E-state index is -0.393. The van der Waals surface area contributed by atoms with Gasteiger partial charge in [0.25, 0.3) is 0 Å². The van der Waals surface area contributed by atoms with Crippen molar-refractivity contribution in [3.8, 4) is 5.75 Å². The van der Waals surface area contributed by atoms with Crippen LogP contribution in [-0.2, 0) is 4.74 Å². The molecule has 18 heavy (non-hydrogen) atoms. The molecule has 0 amide bonds. The van der Waals surface area contributed by atoms with Gasteiger partial charge in [-0.25, -0.2) is 4.39 Å². The van der Waals surface area contributed by atoms with Crippen molar-refractivity contribution in [2.24, 2.45) is 5.84 Å². The summed E-state index contributed by atoms with van der Waals surface area (Å²) in [4.78, 5) is 0. The zero-order valence-electron chi connectivity index (χ0n) is 11.3. The Balaban J connectivity index is 2.82. The molecule has 0 bridgehead atoms. The van der Waals surface area contributed by atoms with Crippen molar-refractivity contribution < 1.29 is 13.9 Å². The van der Waals surface area contributed by atoms with E-state index in [1.54, 1.807) is 12.1 Å². The van der Waals surface area contributed by atoms with Gasteiger partial charge in [-0.1, -0.05) is 6.07 Å². The molecule has 4 nitrogen and oxygen atoms in total. The van der Waals surface area contributed by atoms with Crippen molar-refractivity contribution in [2.75, 3.05) is 13.7 Å². The van der Waals surface area contributed by atoms with Crippen LogP contribution in [0.15, 0.2) is 18.2 Å². The van der Waals surface area contributed by atoms with Crippen LogP contribution in [0.5, 0.6) is 5.75 Å². The van der Waals surface area contributed by atoms with E-state index in [1.807, 2.05) is 20.8 Å². The average molecular weight is 256 g/mol. The number of hydrogen-bond acceptors (Lipinski definition) is 4. The Bertz CT molecular complexity index is 391. The average Bonchev–Trinajstić information content (AvgIpc) is 2.30. The molecule has 0 saturated heterocycles. The van der Waals surface area contributed by atoms with E-state index in [0.717, 1.165) is 0 Å². The van der Waals surface area contributed by atoms with E-state index in [4.69, 9.17) is 15.3 Å². The maximum atomic E-state index is 13.9. The van der Waals surface area contributed by atoms with Crippen LogP contribution < -0.4 is 16.0 Å². The summed E-state index contributed by atoms with van der Waals surface area (Å²) >= 11 is 0. The van der Waals surface area contributed by atoms with E-state index < -0.39 is 6.04 Å². The first kappa shape index (κ1) is 14.9. The van der Waals surface area contributed by atoms with Crippen molar-refractivity contribution in [3.05, 3.63) is 29.6 Å². The summed E-state index contributed by atoms with van der Waals surface area (Å²) in [7, 11) is 1.50. The molecule has 0 aromatic heterocycles. The van der Waals surface area contributed by atoms with Gasteiger partial charge < -0.3 is 9.47 Å². The van der Waals surface area contributed by atoms with Crippen LogP contribution in [-0.4, -0.2) is 19.3 Å². The molecule has 0 aliphatic rings. The van der Waals surface area contributed by atoms with E-state index in [9.17, 15) is 4.39 Å². The number of halogens is 1. The van der Waals surface area contributed by atoms with Gasteiger partial charge in [0.1, 0.15) is 11.6 Å². The van der Waals surface area contributed by atoms with Crippen molar-refractivity contribution in [1.82, 2.24) is 5.43 Å². The van der Waals surface area contributed by atoms with E-state index in [0.29, 0.717) is 17.9 Å². The van der Waals surface area contributed by atoms with Gasteiger partial charge in [0.05, 0.1) is 25.4 Å². The molecule has 1 atom stereocenters. The summed E-state index contributed by atoms with van der Waals surface area (Å²) in [5.41, 5.74) is 2.73. The van der Waals surface area contributed by atoms with Crippen molar-refractivity contribution >= 4 is 0 Å². The predicted octanol–water partition coefficient (Wildman–Crippen LogP) is 2.15. The molecule has 102 valence electrons. The van der Waals surface area contributed by atoms with Gasteiger partial charge in [0.15, 0.2) is 0 Å². The third-order valence-corrected chi connectivity index (χ3v) is 2.47. The zero-order chi connectivity index (χ0) is 13.8. The molecule has 0 aliphatic heterocycles. The first-order valence-electron chi connectivity index (χ1n) is 5.81. The number of ether oxygens (including phenoxy) is 2. The largest absolute Gasteiger partial charge is 0.497 e. The second kappa shape index (κ2) is 6.13. The monoisotopic (exact) mass is 256 g/mol. The van der Waals surface area contributed by atoms with Crippen molar-refractivity contribution in [2.45, 2.75) is 32.4 Å². The van der Waals surface area contributed by atoms with Crippen molar-refractivity contribution in [3.63, 3.8) is 0 Å². The van der Waals surface area contributed by atoms with Crippen molar-refractivity contribution in [1.29, 1.82) is 0 Å². The minimum Gasteiger partial charge on any atom is -0.497 e. The fraction of sp³-hybridized carbons (Fsp3) is 0.538. The lowest BCUT2D eigenvalue weighted by Crippen LogP contribution is -2.34. The number of hydrazine groups is 1. The smallest absolute Gasteiger partial charge is 0.131 e. The Morgan fingerprint density at radius 1 is 1.39 bits per heavy atom. The maximum absolute atomic E-state index is 13.9. The van der Waals surface area contributed by atoms with Gasteiger partial charge in [-0.15, -0.1) is 0 Å². The van der Waals surface area contributed by atoms with E-state index in [1.165, 1.54) is 13.2 Å².